The van der Waals surface area contributed by atoms with Gasteiger partial charge in [0, 0.05) is 11.3 Å². The standard InChI is InChI=1S/C15H15NO4/c1-19-13-8-10(15(17)18)7-12(14(13)20-2)9-3-5-11(16)6-4-9/h3-8H,16H2,1-2H3,(H,17,18). The molecule has 0 amide bonds. The number of nitrogen functional groups attached to an aromatic ring is 1. The van der Waals surface area contributed by atoms with Crippen LogP contribution in [0.1, 0.15) is 10.4 Å². The lowest BCUT2D eigenvalue weighted by atomic mass is 10.0. The first-order chi connectivity index (χ1) is 9.56. The van der Waals surface area contributed by atoms with E-state index in [0.29, 0.717) is 22.7 Å². The van der Waals surface area contributed by atoms with Crippen LogP contribution in [0.15, 0.2) is 36.4 Å². The van der Waals surface area contributed by atoms with Crippen LogP contribution in [0.5, 0.6) is 11.5 Å². The van der Waals surface area contributed by atoms with Gasteiger partial charge in [0.05, 0.1) is 19.8 Å². The minimum absolute atomic E-state index is 0.134. The van der Waals surface area contributed by atoms with Crippen LogP contribution in [0.2, 0.25) is 0 Å². The molecule has 0 aliphatic heterocycles. The Morgan fingerprint density at radius 1 is 1.10 bits per heavy atom. The van der Waals surface area contributed by atoms with E-state index in [0.717, 1.165) is 5.56 Å². The zero-order chi connectivity index (χ0) is 14.7. The molecule has 0 saturated heterocycles. The fourth-order valence-corrected chi connectivity index (χ4v) is 1.96. The summed E-state index contributed by atoms with van der Waals surface area (Å²) in [5, 5.41) is 9.17. The van der Waals surface area contributed by atoms with Crippen LogP contribution in [0, 0.1) is 0 Å². The van der Waals surface area contributed by atoms with Crippen molar-refractivity contribution in [2.24, 2.45) is 0 Å². The van der Waals surface area contributed by atoms with E-state index in [4.69, 9.17) is 20.3 Å². The first-order valence-corrected chi connectivity index (χ1v) is 5.92. The Hall–Kier alpha value is -2.69. The topological polar surface area (TPSA) is 81.8 Å². The molecule has 5 heteroatoms. The molecule has 0 aromatic heterocycles. The number of carbonyl (C=O) groups is 1. The van der Waals surface area contributed by atoms with Crippen molar-refractivity contribution < 1.29 is 19.4 Å². The van der Waals surface area contributed by atoms with Gasteiger partial charge in [-0.2, -0.15) is 0 Å². The van der Waals surface area contributed by atoms with Crippen molar-refractivity contribution in [3.05, 3.63) is 42.0 Å². The molecule has 0 unspecified atom stereocenters. The molecule has 2 aromatic carbocycles. The zero-order valence-electron chi connectivity index (χ0n) is 11.2. The van der Waals surface area contributed by atoms with Crippen molar-refractivity contribution in [3.63, 3.8) is 0 Å². The molecule has 0 spiro atoms. The van der Waals surface area contributed by atoms with Crippen molar-refractivity contribution >= 4 is 11.7 Å². The molecular weight excluding hydrogens is 258 g/mol. The number of carboxylic acid groups (broad SMARTS) is 1. The summed E-state index contributed by atoms with van der Waals surface area (Å²) in [5.41, 5.74) is 7.87. The molecule has 2 rings (SSSR count). The van der Waals surface area contributed by atoms with Crippen LogP contribution >= 0.6 is 0 Å². The number of carboxylic acids is 1. The highest BCUT2D eigenvalue weighted by atomic mass is 16.5. The van der Waals surface area contributed by atoms with Gasteiger partial charge in [0.2, 0.25) is 0 Å². The molecule has 5 nitrogen and oxygen atoms in total. The van der Waals surface area contributed by atoms with Crippen molar-refractivity contribution in [1.29, 1.82) is 0 Å². The van der Waals surface area contributed by atoms with Crippen LogP contribution in [-0.2, 0) is 0 Å². The lowest BCUT2D eigenvalue weighted by Gasteiger charge is -2.14. The summed E-state index contributed by atoms with van der Waals surface area (Å²) in [6.45, 7) is 0. The van der Waals surface area contributed by atoms with E-state index >= 15 is 0 Å². The lowest BCUT2D eigenvalue weighted by molar-refractivity contribution is 0.0696. The fourth-order valence-electron chi connectivity index (χ4n) is 1.96. The van der Waals surface area contributed by atoms with Gasteiger partial charge in [0.25, 0.3) is 0 Å². The average molecular weight is 273 g/mol. The Morgan fingerprint density at radius 2 is 1.75 bits per heavy atom. The third kappa shape index (κ3) is 2.51. The molecule has 0 bridgehead atoms. The maximum Gasteiger partial charge on any atom is 0.335 e. The number of hydrogen-bond acceptors (Lipinski definition) is 4. The lowest BCUT2D eigenvalue weighted by Crippen LogP contribution is -2.01. The van der Waals surface area contributed by atoms with Gasteiger partial charge in [-0.25, -0.2) is 4.79 Å². The summed E-state index contributed by atoms with van der Waals surface area (Å²) in [6.07, 6.45) is 0. The van der Waals surface area contributed by atoms with Crippen molar-refractivity contribution in [1.82, 2.24) is 0 Å². The van der Waals surface area contributed by atoms with E-state index in [1.54, 1.807) is 30.3 Å². The van der Waals surface area contributed by atoms with Crippen LogP contribution in [0.4, 0.5) is 5.69 Å². The quantitative estimate of drug-likeness (QED) is 0.837. The molecular formula is C15H15NO4. The molecule has 0 atom stereocenters. The largest absolute Gasteiger partial charge is 0.493 e. The van der Waals surface area contributed by atoms with Crippen molar-refractivity contribution in [2.45, 2.75) is 0 Å². The molecule has 0 fully saturated rings. The summed E-state index contributed by atoms with van der Waals surface area (Å²) >= 11 is 0. The second-order valence-electron chi connectivity index (χ2n) is 4.19. The van der Waals surface area contributed by atoms with E-state index in [1.807, 2.05) is 0 Å². The van der Waals surface area contributed by atoms with Gasteiger partial charge in [0.1, 0.15) is 0 Å². The number of anilines is 1. The monoisotopic (exact) mass is 273 g/mol. The summed E-state index contributed by atoms with van der Waals surface area (Å²) in [5.74, 6) is -0.163. The first-order valence-electron chi connectivity index (χ1n) is 5.92. The number of benzene rings is 2. The third-order valence-electron chi connectivity index (χ3n) is 2.95. The predicted octanol–water partition coefficient (Wildman–Crippen LogP) is 2.65. The maximum absolute atomic E-state index is 11.2. The summed E-state index contributed by atoms with van der Waals surface area (Å²) in [6, 6.07) is 10.1. The van der Waals surface area contributed by atoms with Gasteiger partial charge in [-0.15, -0.1) is 0 Å². The Kier molecular flexibility index (Phi) is 3.79. The second kappa shape index (κ2) is 5.52. The van der Waals surface area contributed by atoms with E-state index in [2.05, 4.69) is 0 Å². The van der Waals surface area contributed by atoms with Crippen LogP contribution in [0.25, 0.3) is 11.1 Å². The fraction of sp³-hybridized carbons (Fsp3) is 0.133. The molecule has 104 valence electrons. The van der Waals surface area contributed by atoms with Crippen molar-refractivity contribution in [2.75, 3.05) is 20.0 Å². The molecule has 3 N–H and O–H groups in total. The van der Waals surface area contributed by atoms with Gasteiger partial charge in [0.15, 0.2) is 11.5 Å². The number of hydrogen-bond donors (Lipinski definition) is 2. The molecule has 20 heavy (non-hydrogen) atoms. The van der Waals surface area contributed by atoms with E-state index in [-0.39, 0.29) is 5.56 Å². The van der Waals surface area contributed by atoms with Crippen molar-refractivity contribution in [3.8, 4) is 22.6 Å². The van der Waals surface area contributed by atoms with Gasteiger partial charge in [-0.1, -0.05) is 12.1 Å². The minimum atomic E-state index is -1.03. The SMILES string of the molecule is COc1cc(C(=O)O)cc(-c2ccc(N)cc2)c1OC. The maximum atomic E-state index is 11.2. The van der Waals surface area contributed by atoms with Crippen LogP contribution < -0.4 is 15.2 Å². The normalized spacial score (nSPS) is 10.1. The molecule has 0 aliphatic rings. The summed E-state index contributed by atoms with van der Waals surface area (Å²) in [7, 11) is 2.98. The van der Waals surface area contributed by atoms with Gasteiger partial charge in [-0.05, 0) is 29.8 Å². The van der Waals surface area contributed by atoms with Gasteiger partial charge < -0.3 is 20.3 Å². The Bertz CT molecular complexity index is 635. The number of rotatable bonds is 4. The smallest absolute Gasteiger partial charge is 0.335 e. The first kappa shape index (κ1) is 13.7. The number of methoxy groups -OCH3 is 2. The highest BCUT2D eigenvalue weighted by Crippen LogP contribution is 2.39. The number of aromatic carboxylic acids is 1. The molecule has 0 radical (unpaired) electrons. The van der Waals surface area contributed by atoms with Crippen LogP contribution in [-0.4, -0.2) is 25.3 Å². The average Bonchev–Trinajstić information content (AvgIpc) is 2.46. The Morgan fingerprint density at radius 3 is 2.25 bits per heavy atom. The van der Waals surface area contributed by atoms with E-state index in [9.17, 15) is 4.79 Å². The highest BCUT2D eigenvalue weighted by molar-refractivity contribution is 5.92. The Labute approximate surface area is 116 Å². The molecule has 0 aliphatic carbocycles. The van der Waals surface area contributed by atoms with Crippen LogP contribution in [0.3, 0.4) is 0 Å². The van der Waals surface area contributed by atoms with E-state index < -0.39 is 5.97 Å². The van der Waals surface area contributed by atoms with Gasteiger partial charge in [-0.3, -0.25) is 0 Å². The highest BCUT2D eigenvalue weighted by Gasteiger charge is 2.16. The molecule has 0 saturated carbocycles. The zero-order valence-corrected chi connectivity index (χ0v) is 11.2. The molecule has 2 aromatic rings. The predicted molar refractivity (Wildman–Crippen MR) is 76.4 cm³/mol. The Balaban J connectivity index is 2.68. The minimum Gasteiger partial charge on any atom is -0.493 e. The number of nitrogens with two attached hydrogens (primary N) is 1. The second-order valence-corrected chi connectivity index (χ2v) is 4.19. The van der Waals surface area contributed by atoms with E-state index in [1.165, 1.54) is 20.3 Å². The summed E-state index contributed by atoms with van der Waals surface area (Å²) in [4.78, 5) is 11.2. The number of ether oxygens (including phenoxy) is 2. The summed E-state index contributed by atoms with van der Waals surface area (Å²) < 4.78 is 10.5. The molecule has 0 heterocycles. The van der Waals surface area contributed by atoms with Gasteiger partial charge >= 0.3 is 5.97 Å². The third-order valence-corrected chi connectivity index (χ3v) is 2.95.